The maximum atomic E-state index is 14.3. The number of carboxylic acids is 1. The van der Waals surface area contributed by atoms with Crippen molar-refractivity contribution in [2.75, 3.05) is 13.1 Å². The number of nitrogens with two attached hydrogens (primary N) is 3. The summed E-state index contributed by atoms with van der Waals surface area (Å²) < 4.78 is 0. The first-order chi connectivity index (χ1) is 26.9. The first kappa shape index (κ1) is 47.6. The highest BCUT2D eigenvalue weighted by molar-refractivity contribution is 5.97. The highest BCUT2D eigenvalue weighted by atomic mass is 16.4. The smallest absolute Gasteiger partial charge is 0.326 e. The molecule has 0 aliphatic carbocycles. The number of rotatable bonds is 24. The Balaban J connectivity index is 2.41. The number of benzene rings is 1. The molecule has 12 N–H and O–H groups in total. The van der Waals surface area contributed by atoms with Crippen LogP contribution in [0.2, 0.25) is 0 Å². The molecular weight excluding hydrogens is 742 g/mol. The summed E-state index contributed by atoms with van der Waals surface area (Å²) in [5.74, 6) is -7.70. The van der Waals surface area contributed by atoms with Gasteiger partial charge in [-0.3, -0.25) is 38.4 Å². The Labute approximate surface area is 332 Å². The SMILES string of the molecule is CC[C@H](C)[C@H](NC(=O)[C@H](CCC(N)=O)NC(=O)CN)C(=O)N[C@@H](CCC(N)=O)C(=O)N[C@@H](Cc1ccccc1)C(=O)N1CCC[C@H]1C(=O)N[C@@H](CC(C)C)C(=O)O. The van der Waals surface area contributed by atoms with Crippen LogP contribution in [-0.4, -0.2) is 113 Å². The molecule has 19 heteroatoms. The molecule has 0 spiro atoms. The maximum Gasteiger partial charge on any atom is 0.326 e. The fourth-order valence-electron chi connectivity index (χ4n) is 6.37. The third-order valence-corrected chi connectivity index (χ3v) is 9.68. The highest BCUT2D eigenvalue weighted by Crippen LogP contribution is 2.21. The van der Waals surface area contributed by atoms with Gasteiger partial charge >= 0.3 is 5.97 Å². The van der Waals surface area contributed by atoms with Gasteiger partial charge in [-0.05, 0) is 49.5 Å². The second-order valence-corrected chi connectivity index (χ2v) is 14.7. The minimum absolute atomic E-state index is 0.0232. The van der Waals surface area contributed by atoms with Crippen molar-refractivity contribution in [3.63, 3.8) is 0 Å². The molecule has 57 heavy (non-hydrogen) atoms. The number of carbonyl (C=O) groups is 9. The van der Waals surface area contributed by atoms with Gasteiger partial charge in [0.15, 0.2) is 0 Å². The lowest BCUT2D eigenvalue weighted by atomic mass is 9.96. The third-order valence-electron chi connectivity index (χ3n) is 9.68. The van der Waals surface area contributed by atoms with E-state index in [9.17, 15) is 48.3 Å². The van der Waals surface area contributed by atoms with E-state index in [1.165, 1.54) is 4.90 Å². The van der Waals surface area contributed by atoms with E-state index < -0.39 is 102 Å². The lowest BCUT2D eigenvalue weighted by Gasteiger charge is -2.31. The van der Waals surface area contributed by atoms with Crippen molar-refractivity contribution in [2.45, 2.75) is 122 Å². The quantitative estimate of drug-likeness (QED) is 0.0568. The summed E-state index contributed by atoms with van der Waals surface area (Å²) in [6.07, 6.45) is 0.167. The van der Waals surface area contributed by atoms with Crippen LogP contribution in [0.15, 0.2) is 30.3 Å². The van der Waals surface area contributed by atoms with Crippen LogP contribution >= 0.6 is 0 Å². The van der Waals surface area contributed by atoms with Crippen molar-refractivity contribution in [3.05, 3.63) is 35.9 Å². The van der Waals surface area contributed by atoms with Gasteiger partial charge in [0.1, 0.15) is 36.3 Å². The molecule has 1 saturated heterocycles. The summed E-state index contributed by atoms with van der Waals surface area (Å²) in [7, 11) is 0. The molecule has 8 amide bonds. The predicted octanol–water partition coefficient (Wildman–Crippen LogP) is -1.69. The van der Waals surface area contributed by atoms with Crippen molar-refractivity contribution in [3.8, 4) is 0 Å². The van der Waals surface area contributed by atoms with Crippen molar-refractivity contribution in [2.24, 2.45) is 29.0 Å². The first-order valence-electron chi connectivity index (χ1n) is 19.2. The molecule has 19 nitrogen and oxygen atoms in total. The summed E-state index contributed by atoms with van der Waals surface area (Å²) in [5.41, 5.74) is 16.7. The number of hydrogen-bond donors (Lipinski definition) is 9. The largest absolute Gasteiger partial charge is 0.480 e. The van der Waals surface area contributed by atoms with Crippen LogP contribution in [0.1, 0.15) is 84.6 Å². The zero-order valence-corrected chi connectivity index (χ0v) is 33.1. The van der Waals surface area contributed by atoms with Gasteiger partial charge in [0.05, 0.1) is 6.54 Å². The van der Waals surface area contributed by atoms with E-state index in [2.05, 4.69) is 26.6 Å². The van der Waals surface area contributed by atoms with E-state index in [1.54, 1.807) is 44.2 Å². The Morgan fingerprint density at radius 2 is 1.33 bits per heavy atom. The van der Waals surface area contributed by atoms with E-state index >= 15 is 0 Å². The molecule has 1 aliphatic rings. The summed E-state index contributed by atoms with van der Waals surface area (Å²) in [6.45, 7) is 6.77. The average Bonchev–Trinajstić information content (AvgIpc) is 3.66. The van der Waals surface area contributed by atoms with Crippen molar-refractivity contribution >= 4 is 53.2 Å². The van der Waals surface area contributed by atoms with Crippen LogP contribution in [-0.2, 0) is 49.6 Å². The van der Waals surface area contributed by atoms with Crippen molar-refractivity contribution in [1.82, 2.24) is 31.5 Å². The van der Waals surface area contributed by atoms with Gasteiger partial charge in [0.25, 0.3) is 0 Å². The molecular formula is C38H59N9O10. The lowest BCUT2D eigenvalue weighted by Crippen LogP contribution is -2.60. The molecule has 0 radical (unpaired) electrons. The minimum Gasteiger partial charge on any atom is -0.480 e. The van der Waals surface area contributed by atoms with E-state index in [0.29, 0.717) is 18.4 Å². The monoisotopic (exact) mass is 801 g/mol. The molecule has 0 unspecified atom stereocenters. The Hall–Kier alpha value is -5.59. The topological polar surface area (TPSA) is 315 Å². The second kappa shape index (κ2) is 23.5. The Morgan fingerprint density at radius 3 is 1.86 bits per heavy atom. The number of hydrogen-bond acceptors (Lipinski definition) is 10. The van der Waals surface area contributed by atoms with Gasteiger partial charge < -0.3 is 53.8 Å². The third kappa shape index (κ3) is 15.8. The molecule has 316 valence electrons. The summed E-state index contributed by atoms with van der Waals surface area (Å²) in [6, 6.07) is 1.31. The van der Waals surface area contributed by atoms with Crippen LogP contribution in [0.25, 0.3) is 0 Å². The Morgan fingerprint density at radius 1 is 0.772 bits per heavy atom. The van der Waals surface area contributed by atoms with Crippen molar-refractivity contribution < 1.29 is 48.3 Å². The van der Waals surface area contributed by atoms with E-state index in [4.69, 9.17) is 17.2 Å². The number of primary amides is 2. The lowest BCUT2D eigenvalue weighted by molar-refractivity contribution is -0.145. The number of amides is 8. The Kier molecular flexibility index (Phi) is 19.6. The number of nitrogens with one attached hydrogen (secondary N) is 5. The molecule has 0 aromatic heterocycles. The maximum absolute atomic E-state index is 14.3. The molecule has 1 aliphatic heterocycles. The van der Waals surface area contributed by atoms with Gasteiger partial charge in [0, 0.05) is 25.8 Å². The predicted molar refractivity (Wildman–Crippen MR) is 207 cm³/mol. The molecule has 0 saturated carbocycles. The second-order valence-electron chi connectivity index (χ2n) is 14.7. The Bertz CT molecular complexity index is 1590. The van der Waals surface area contributed by atoms with Crippen LogP contribution in [0, 0.1) is 11.8 Å². The van der Waals surface area contributed by atoms with Crippen LogP contribution in [0.3, 0.4) is 0 Å². The number of aliphatic carboxylic acids is 1. The van der Waals surface area contributed by atoms with Crippen molar-refractivity contribution in [1.29, 1.82) is 0 Å². The number of carboxylic acid groups (broad SMARTS) is 1. The highest BCUT2D eigenvalue weighted by Gasteiger charge is 2.40. The zero-order chi connectivity index (χ0) is 42.8. The van der Waals surface area contributed by atoms with E-state index in [1.807, 2.05) is 13.8 Å². The van der Waals surface area contributed by atoms with Gasteiger partial charge in [0.2, 0.25) is 47.3 Å². The molecule has 0 bridgehead atoms. The fourth-order valence-corrected chi connectivity index (χ4v) is 6.37. The molecule has 1 heterocycles. The van der Waals surface area contributed by atoms with Gasteiger partial charge in [-0.2, -0.15) is 0 Å². The molecule has 7 atom stereocenters. The average molecular weight is 802 g/mol. The normalized spacial score (nSPS) is 16.9. The summed E-state index contributed by atoms with van der Waals surface area (Å²) >= 11 is 0. The summed E-state index contributed by atoms with van der Waals surface area (Å²) in [5, 5.41) is 22.5. The van der Waals surface area contributed by atoms with Crippen LogP contribution in [0.5, 0.6) is 0 Å². The van der Waals surface area contributed by atoms with Gasteiger partial charge in [-0.25, -0.2) is 4.79 Å². The zero-order valence-electron chi connectivity index (χ0n) is 33.1. The fraction of sp³-hybridized carbons (Fsp3) is 0.605. The summed E-state index contributed by atoms with van der Waals surface area (Å²) in [4.78, 5) is 118. The molecule has 1 aromatic carbocycles. The van der Waals surface area contributed by atoms with E-state index in [-0.39, 0.29) is 57.4 Å². The molecule has 1 fully saturated rings. The number of carbonyl (C=O) groups excluding carboxylic acids is 8. The number of likely N-dealkylation sites (tertiary alicyclic amines) is 1. The minimum atomic E-state index is -1.44. The molecule has 2 rings (SSSR count). The first-order valence-corrected chi connectivity index (χ1v) is 19.2. The van der Waals surface area contributed by atoms with E-state index in [0.717, 1.165) is 0 Å². The van der Waals surface area contributed by atoms with Crippen LogP contribution in [0.4, 0.5) is 0 Å². The number of nitrogens with zero attached hydrogens (tertiary/aromatic N) is 1. The van der Waals surface area contributed by atoms with Crippen LogP contribution < -0.4 is 43.8 Å². The van der Waals surface area contributed by atoms with Gasteiger partial charge in [-0.1, -0.05) is 64.4 Å². The molecule has 1 aromatic rings. The standard InChI is InChI=1S/C38H59N9O10/c1-5-22(4)32(46-34(52)24(13-15-29(40)48)42-31(50)20-39)36(54)43-25(14-16-30(41)49)33(51)44-26(19-23-10-7-6-8-11-23)37(55)47-17-9-12-28(47)35(53)45-27(38(56)57)18-21(2)3/h6-8,10-11,21-22,24-28,32H,5,9,12-20,39H2,1-4H3,(H2,40,48)(H2,41,49)(H,42,50)(H,43,54)(H,44,51)(H,45,53)(H,46,52)(H,56,57)/t22-,24-,25-,26-,27-,28-,32-/m0/s1. The van der Waals surface area contributed by atoms with Gasteiger partial charge in [-0.15, -0.1) is 0 Å².